The van der Waals surface area contributed by atoms with E-state index < -0.39 is 23.7 Å². The van der Waals surface area contributed by atoms with Gasteiger partial charge in [-0.15, -0.1) is 0 Å². The quantitative estimate of drug-likeness (QED) is 0.680. The smallest absolute Gasteiger partial charge is 0.379 e. The highest BCUT2D eigenvalue weighted by Gasteiger charge is 2.40. The summed E-state index contributed by atoms with van der Waals surface area (Å²) in [5.74, 6) is -1.06. The monoisotopic (exact) mass is 194 g/mol. The number of benzene rings is 1. The summed E-state index contributed by atoms with van der Waals surface area (Å²) < 4.78 is 48.4. The van der Waals surface area contributed by atoms with E-state index in [1.54, 1.807) is 0 Å². The second-order valence-corrected chi connectivity index (χ2v) is 2.47. The molecule has 72 valence electrons. The van der Waals surface area contributed by atoms with E-state index in [4.69, 9.17) is 5.11 Å². The Hall–Kier alpha value is -1.10. The number of aliphatic hydroxyl groups is 1. The molecule has 0 saturated carbocycles. The maximum atomic E-state index is 12.7. The molecule has 1 N–H and O–H groups in total. The summed E-state index contributed by atoms with van der Waals surface area (Å²) in [6.07, 6.45) is -7.59. The molecule has 0 aliphatic carbocycles. The predicted octanol–water partition coefficient (Wildman–Crippen LogP) is 2.42. The Morgan fingerprint density at radius 2 is 1.69 bits per heavy atom. The zero-order valence-corrected chi connectivity index (χ0v) is 6.35. The molecule has 0 spiro atoms. The van der Waals surface area contributed by atoms with E-state index in [2.05, 4.69) is 0 Å². The van der Waals surface area contributed by atoms with Gasteiger partial charge in [-0.25, -0.2) is 4.39 Å². The highest BCUT2D eigenvalue weighted by molar-refractivity contribution is 5.20. The molecule has 1 atom stereocenters. The summed E-state index contributed by atoms with van der Waals surface area (Å²) >= 11 is 0. The van der Waals surface area contributed by atoms with Crippen molar-refractivity contribution in [2.75, 3.05) is 0 Å². The summed E-state index contributed by atoms with van der Waals surface area (Å²) in [6, 6.07) is 4.24. The standard InChI is InChI=1S/C8H6F4O/c9-6-4-2-1-3-5(6)7(13)8(10,11)12/h1-4,7,13H. The Labute approximate surface area is 71.6 Å². The molecule has 0 heterocycles. The molecule has 1 aromatic rings. The lowest BCUT2D eigenvalue weighted by Crippen LogP contribution is -2.21. The van der Waals surface area contributed by atoms with Gasteiger partial charge in [0, 0.05) is 5.56 Å². The van der Waals surface area contributed by atoms with E-state index in [1.165, 1.54) is 12.1 Å². The number of halogens is 4. The molecular weight excluding hydrogens is 188 g/mol. The fourth-order valence-electron chi connectivity index (χ4n) is 0.873. The van der Waals surface area contributed by atoms with E-state index in [0.717, 1.165) is 12.1 Å². The van der Waals surface area contributed by atoms with Gasteiger partial charge in [-0.05, 0) is 6.07 Å². The molecule has 1 unspecified atom stereocenters. The van der Waals surface area contributed by atoms with Crippen molar-refractivity contribution in [3.05, 3.63) is 35.6 Å². The lowest BCUT2D eigenvalue weighted by atomic mass is 10.1. The molecule has 0 fully saturated rings. The molecule has 1 nitrogen and oxygen atoms in total. The first-order valence-corrected chi connectivity index (χ1v) is 3.42. The molecule has 0 saturated heterocycles. The molecule has 0 bridgehead atoms. The largest absolute Gasteiger partial charge is 0.418 e. The minimum Gasteiger partial charge on any atom is -0.379 e. The molecule has 13 heavy (non-hydrogen) atoms. The Balaban J connectivity index is 3.02. The highest BCUT2D eigenvalue weighted by atomic mass is 19.4. The second-order valence-electron chi connectivity index (χ2n) is 2.47. The van der Waals surface area contributed by atoms with Crippen LogP contribution in [0.25, 0.3) is 0 Å². The molecule has 1 rings (SSSR count). The van der Waals surface area contributed by atoms with Crippen LogP contribution in [-0.2, 0) is 0 Å². The first-order valence-electron chi connectivity index (χ1n) is 3.42. The summed E-state index contributed by atoms with van der Waals surface area (Å²) in [6.45, 7) is 0. The van der Waals surface area contributed by atoms with Crippen LogP contribution in [-0.4, -0.2) is 11.3 Å². The minimum absolute atomic E-state index is 0.755. The lowest BCUT2D eigenvalue weighted by molar-refractivity contribution is -0.207. The van der Waals surface area contributed by atoms with Crippen LogP contribution in [0.1, 0.15) is 11.7 Å². The number of alkyl halides is 3. The first kappa shape index (κ1) is 9.98. The van der Waals surface area contributed by atoms with Crippen LogP contribution in [0.2, 0.25) is 0 Å². The van der Waals surface area contributed by atoms with Gasteiger partial charge in [0.2, 0.25) is 0 Å². The normalized spacial score (nSPS) is 14.2. The van der Waals surface area contributed by atoms with Gasteiger partial charge in [0.25, 0.3) is 0 Å². The van der Waals surface area contributed by atoms with E-state index >= 15 is 0 Å². The van der Waals surface area contributed by atoms with Crippen molar-refractivity contribution in [1.29, 1.82) is 0 Å². The van der Waals surface area contributed by atoms with E-state index in [-0.39, 0.29) is 0 Å². The fraction of sp³-hybridized carbons (Fsp3) is 0.250. The average molecular weight is 194 g/mol. The van der Waals surface area contributed by atoms with Crippen LogP contribution in [0.5, 0.6) is 0 Å². The van der Waals surface area contributed by atoms with E-state index in [9.17, 15) is 17.6 Å². The molecule has 0 aliphatic heterocycles. The third-order valence-electron chi connectivity index (χ3n) is 1.51. The summed E-state index contributed by atoms with van der Waals surface area (Å²) in [5.41, 5.74) is -0.755. The summed E-state index contributed by atoms with van der Waals surface area (Å²) in [4.78, 5) is 0. The van der Waals surface area contributed by atoms with Gasteiger partial charge in [-0.2, -0.15) is 13.2 Å². The van der Waals surface area contributed by atoms with Crippen LogP contribution in [0, 0.1) is 5.82 Å². The topological polar surface area (TPSA) is 20.2 Å². The first-order chi connectivity index (χ1) is 5.93. The van der Waals surface area contributed by atoms with Crippen LogP contribution in [0.4, 0.5) is 17.6 Å². The SMILES string of the molecule is OC(c1ccccc1F)C(F)(F)F. The number of aliphatic hydroxyl groups excluding tert-OH is 1. The molecule has 0 aromatic heterocycles. The van der Waals surface area contributed by atoms with Crippen molar-refractivity contribution >= 4 is 0 Å². The zero-order chi connectivity index (χ0) is 10.1. The van der Waals surface area contributed by atoms with Crippen molar-refractivity contribution < 1.29 is 22.7 Å². The Bertz CT molecular complexity index is 294. The van der Waals surface area contributed by atoms with E-state index in [0.29, 0.717) is 0 Å². The maximum absolute atomic E-state index is 12.7. The van der Waals surface area contributed by atoms with Gasteiger partial charge < -0.3 is 5.11 Å². The number of rotatable bonds is 1. The lowest BCUT2D eigenvalue weighted by Gasteiger charge is -2.14. The summed E-state index contributed by atoms with van der Waals surface area (Å²) in [5, 5.41) is 8.67. The molecule has 0 radical (unpaired) electrons. The Kier molecular flexibility index (Phi) is 2.56. The Morgan fingerprint density at radius 1 is 1.15 bits per heavy atom. The minimum atomic E-state index is -4.83. The van der Waals surface area contributed by atoms with Crippen molar-refractivity contribution in [2.24, 2.45) is 0 Å². The average Bonchev–Trinajstić information content (AvgIpc) is 2.02. The van der Waals surface area contributed by atoms with Gasteiger partial charge in [-0.1, -0.05) is 18.2 Å². The second kappa shape index (κ2) is 3.33. The number of hydrogen-bond donors (Lipinski definition) is 1. The zero-order valence-electron chi connectivity index (χ0n) is 6.35. The van der Waals surface area contributed by atoms with Crippen LogP contribution in [0.3, 0.4) is 0 Å². The van der Waals surface area contributed by atoms with Gasteiger partial charge in [-0.3, -0.25) is 0 Å². The highest BCUT2D eigenvalue weighted by Crippen LogP contribution is 2.33. The number of hydrogen-bond acceptors (Lipinski definition) is 1. The van der Waals surface area contributed by atoms with Crippen molar-refractivity contribution in [3.8, 4) is 0 Å². The van der Waals surface area contributed by atoms with Crippen molar-refractivity contribution in [3.63, 3.8) is 0 Å². The van der Waals surface area contributed by atoms with Gasteiger partial charge in [0.05, 0.1) is 0 Å². The fourth-order valence-corrected chi connectivity index (χ4v) is 0.873. The third kappa shape index (κ3) is 2.18. The van der Waals surface area contributed by atoms with Crippen molar-refractivity contribution in [1.82, 2.24) is 0 Å². The molecule has 1 aromatic carbocycles. The molecule has 0 amide bonds. The van der Waals surface area contributed by atoms with E-state index in [1.807, 2.05) is 0 Å². The van der Waals surface area contributed by atoms with Gasteiger partial charge in [0.1, 0.15) is 5.82 Å². The molecular formula is C8H6F4O. The summed E-state index contributed by atoms with van der Waals surface area (Å²) in [7, 11) is 0. The van der Waals surface area contributed by atoms with Gasteiger partial charge in [0.15, 0.2) is 6.10 Å². The predicted molar refractivity (Wildman–Crippen MR) is 37.4 cm³/mol. The van der Waals surface area contributed by atoms with Crippen LogP contribution in [0.15, 0.2) is 24.3 Å². The third-order valence-corrected chi connectivity index (χ3v) is 1.51. The van der Waals surface area contributed by atoms with Gasteiger partial charge >= 0.3 is 6.18 Å². The van der Waals surface area contributed by atoms with Crippen LogP contribution < -0.4 is 0 Å². The molecule has 5 heteroatoms. The molecule has 0 aliphatic rings. The Morgan fingerprint density at radius 3 is 2.15 bits per heavy atom. The van der Waals surface area contributed by atoms with Crippen LogP contribution >= 0.6 is 0 Å². The maximum Gasteiger partial charge on any atom is 0.418 e. The van der Waals surface area contributed by atoms with Crippen molar-refractivity contribution in [2.45, 2.75) is 12.3 Å².